The first-order chi connectivity index (χ1) is 21.5. The number of nitro groups is 2. The van der Waals surface area contributed by atoms with Gasteiger partial charge >= 0.3 is 160 Å². The summed E-state index contributed by atoms with van der Waals surface area (Å²) < 4.78 is 94.8. The van der Waals surface area contributed by atoms with Crippen LogP contribution in [0.1, 0.15) is 26.9 Å². The molecule has 2 aromatic carbocycles. The first kappa shape index (κ1) is 53.9. The average molecular weight is 1030 g/mol. The van der Waals surface area contributed by atoms with Gasteiger partial charge in [0.2, 0.25) is 0 Å². The molecule has 270 valence electrons. The van der Waals surface area contributed by atoms with Gasteiger partial charge in [0.25, 0.3) is 17.8 Å². The van der Waals surface area contributed by atoms with Crippen LogP contribution < -0.4 is 155 Å². The Labute approximate surface area is 407 Å². The van der Waals surface area contributed by atoms with Gasteiger partial charge in [0.1, 0.15) is 17.9 Å². The topological polar surface area (TPSA) is 261 Å². The van der Waals surface area contributed by atoms with Crippen molar-refractivity contribution in [3.8, 4) is 0 Å². The number of rotatable bonds is 6. The van der Waals surface area contributed by atoms with Crippen LogP contribution in [0, 0.1) is 20.2 Å². The summed E-state index contributed by atoms with van der Waals surface area (Å²) in [4.78, 5) is 35.4. The predicted octanol–water partition coefficient (Wildman–Crippen LogP) is -1.73. The number of aromatic nitrogens is 2. The number of halogens is 8. The molecule has 0 bridgehead atoms. The molecule has 4 N–H and O–H groups in total. The van der Waals surface area contributed by atoms with E-state index >= 15 is 0 Å². The number of carbonyl (C=O) groups is 1. The van der Waals surface area contributed by atoms with Crippen molar-refractivity contribution < 1.29 is 203 Å². The summed E-state index contributed by atoms with van der Waals surface area (Å²) >= 11 is 11.6. The molecular formula is C22H23Cl2Cs2F6N7O10S. The van der Waals surface area contributed by atoms with Gasteiger partial charge in [0, 0.05) is 17.7 Å². The molecule has 0 amide bonds. The maximum atomic E-state index is 12.4. The zero-order valence-electron chi connectivity index (χ0n) is 25.9. The van der Waals surface area contributed by atoms with Crippen LogP contribution >= 0.6 is 23.2 Å². The van der Waals surface area contributed by atoms with Gasteiger partial charge in [-0.1, -0.05) is 30.6 Å². The van der Waals surface area contributed by atoms with E-state index in [1.165, 1.54) is 18.2 Å². The Morgan fingerprint density at radius 3 is 1.90 bits per heavy atom. The van der Waals surface area contributed by atoms with Gasteiger partial charge in [-0.15, -0.1) is 0 Å². The first-order valence-corrected chi connectivity index (χ1v) is 13.8. The summed E-state index contributed by atoms with van der Waals surface area (Å²) in [6, 6.07) is 5.04. The van der Waals surface area contributed by atoms with E-state index in [1.54, 1.807) is 0 Å². The molecule has 50 heavy (non-hydrogen) atoms. The molecule has 0 saturated carbocycles. The molecule has 4 rings (SSSR count). The molecule has 1 aliphatic heterocycles. The van der Waals surface area contributed by atoms with Crippen LogP contribution in [0.3, 0.4) is 0 Å². The number of benzene rings is 2. The summed E-state index contributed by atoms with van der Waals surface area (Å²) in [5, 5.41) is 33.8. The molecule has 0 atom stereocenters. The number of nitrogens with zero attached hydrogens (tertiary/aromatic N) is 5. The fraction of sp³-hybridized carbons (Fsp3) is 0.318. The van der Waals surface area contributed by atoms with E-state index in [1.807, 2.05) is 0 Å². The third-order valence-electron chi connectivity index (χ3n) is 5.07. The van der Waals surface area contributed by atoms with E-state index in [0.717, 1.165) is 13.0 Å². The van der Waals surface area contributed by atoms with E-state index in [2.05, 4.69) is 19.2 Å². The number of carbonyl (C=O) groups excluding carboxylic acids is 1. The molecule has 0 radical (unpaired) electrons. The molecule has 1 aliphatic rings. The Bertz CT molecular complexity index is 1790. The molecule has 3 aromatic rings. The number of hydrogen-bond donors (Lipinski definition) is 2. The normalized spacial score (nSPS) is 11.5. The molecule has 0 aliphatic carbocycles. The number of amidine groups is 1. The minimum absolute atomic E-state index is 0. The maximum Gasteiger partial charge on any atom is 1.00 e. The molecule has 0 fully saturated rings. The number of aliphatic imine (C=N–C) groups is 1. The minimum atomic E-state index is -5.35. The smallest absolute Gasteiger partial charge is 1.00 e. The fourth-order valence-electron chi connectivity index (χ4n) is 3.40. The van der Waals surface area contributed by atoms with E-state index in [0.29, 0.717) is 20.8 Å². The van der Waals surface area contributed by atoms with Gasteiger partial charge in [-0.2, -0.15) is 39.9 Å². The largest absolute Gasteiger partial charge is 1.00 e. The Morgan fingerprint density at radius 2 is 1.50 bits per heavy atom. The number of non-ortho nitro benzene ring substituents is 1. The van der Waals surface area contributed by atoms with Crippen LogP contribution in [0.2, 0.25) is 10.0 Å². The van der Waals surface area contributed by atoms with Gasteiger partial charge < -0.3 is 23.0 Å². The van der Waals surface area contributed by atoms with Gasteiger partial charge in [-0.25, -0.2) is 4.68 Å². The number of alkyl halides is 6. The Kier molecular flexibility index (Phi) is 25.2. The maximum absolute atomic E-state index is 12.4. The second-order valence-corrected chi connectivity index (χ2v) is 10.5. The molecule has 2 heterocycles. The Hall–Kier alpha value is -0.416. The molecule has 0 unspecified atom stereocenters. The summed E-state index contributed by atoms with van der Waals surface area (Å²) in [5.74, 6) is -0.0124. The SMILES string of the molecule is C.CCOS(=O)(=O)C(F)(F)F.NC1=NCc2c([N+](=O)[O-])ccc(Cl)c21.Nc1nn(CC(F)(F)F)c2c([N+](=O)[O-])ccc(Cl)c12.O=CO[O-].[Cs+].[Cs+].[H-]. The third kappa shape index (κ3) is 15.5. The van der Waals surface area contributed by atoms with E-state index in [4.69, 9.17) is 44.7 Å². The third-order valence-corrected chi connectivity index (χ3v) is 6.81. The summed E-state index contributed by atoms with van der Waals surface area (Å²) in [5.41, 5.74) is 5.86. The molecule has 1 aromatic heterocycles. The van der Waals surface area contributed by atoms with Gasteiger partial charge in [-0.3, -0.25) is 34.2 Å². The van der Waals surface area contributed by atoms with Crippen LogP contribution in [-0.4, -0.2) is 58.6 Å². The Balaban J connectivity index is -0.000000309. The van der Waals surface area contributed by atoms with Crippen molar-refractivity contribution in [3.63, 3.8) is 0 Å². The number of anilines is 1. The van der Waals surface area contributed by atoms with Crippen molar-refractivity contribution in [1.29, 1.82) is 0 Å². The van der Waals surface area contributed by atoms with Gasteiger partial charge in [-0.05, 0) is 19.1 Å². The minimum Gasteiger partial charge on any atom is -1.00 e. The van der Waals surface area contributed by atoms with Gasteiger partial charge in [0.05, 0.1) is 44.0 Å². The molecule has 0 saturated heterocycles. The molecule has 28 heteroatoms. The molecule has 0 spiro atoms. The number of fused-ring (bicyclic) bond motifs is 2. The zero-order valence-corrected chi connectivity index (χ0v) is 39.8. The molecular weight excluding hydrogens is 1010 g/mol. The van der Waals surface area contributed by atoms with Crippen LogP contribution in [0.15, 0.2) is 29.3 Å². The van der Waals surface area contributed by atoms with E-state index < -0.39 is 50.5 Å². The number of nitrogen functional groups attached to an aromatic ring is 1. The fourth-order valence-corrected chi connectivity index (χ4v) is 4.37. The average Bonchev–Trinajstić information content (AvgIpc) is 3.48. The first-order valence-electron chi connectivity index (χ1n) is 11.6. The zero-order chi connectivity index (χ0) is 36.5. The summed E-state index contributed by atoms with van der Waals surface area (Å²) in [6.07, 6.45) is -4.58. The van der Waals surface area contributed by atoms with Crippen molar-refractivity contribution in [2.75, 3.05) is 12.3 Å². The second kappa shape index (κ2) is 23.4. The quantitative estimate of drug-likeness (QED) is 0.0530. The van der Waals surface area contributed by atoms with Crippen LogP contribution in [-0.2, 0) is 37.1 Å². The monoisotopic (exact) mass is 1030 g/mol. The van der Waals surface area contributed by atoms with Crippen molar-refractivity contribution in [3.05, 3.63) is 65.7 Å². The summed E-state index contributed by atoms with van der Waals surface area (Å²) in [6.45, 7) is -0.787. The predicted molar refractivity (Wildman–Crippen MR) is 156 cm³/mol. The standard InChI is InChI=1S/C9H6ClF3N4O2.C8H6ClN3O2.C3H5F3O3S.CH2O3.CH4.2Cs.H/c10-4-1-2-5(17(18)19)7-6(4)8(14)15-16(7)3-9(11,12)13;9-5-1-2-6(12(13)14)4-3-11-8(10)7(4)5;1-2-9-10(7,8)3(4,5)6;2-1-4-3;;;;/h1-2H,3H2,(H2,14,15);1-2H,3H2,(H2,10,11);2H2,1H3;1,3H;1H4;;;/q;;;;;2*+1;-1/p-1. The second-order valence-electron chi connectivity index (χ2n) is 8.08. The number of nitrogens with two attached hydrogens (primary N) is 2. The van der Waals surface area contributed by atoms with Crippen molar-refractivity contribution in [1.82, 2.24) is 9.78 Å². The van der Waals surface area contributed by atoms with Crippen molar-refractivity contribution in [2.45, 2.75) is 39.1 Å². The van der Waals surface area contributed by atoms with Crippen molar-refractivity contribution in [2.24, 2.45) is 10.7 Å². The number of nitro benzene ring substituents is 2. The Morgan fingerprint density at radius 1 is 1.02 bits per heavy atom. The number of hydrogen-bond acceptors (Lipinski definition) is 14. The van der Waals surface area contributed by atoms with E-state index in [9.17, 15) is 55.0 Å². The van der Waals surface area contributed by atoms with Gasteiger partial charge in [0.15, 0.2) is 5.82 Å². The van der Waals surface area contributed by atoms with Crippen LogP contribution in [0.5, 0.6) is 0 Å². The van der Waals surface area contributed by atoms with Crippen LogP contribution in [0.4, 0.5) is 43.5 Å². The van der Waals surface area contributed by atoms with E-state index in [-0.39, 0.29) is 193 Å². The molecule has 17 nitrogen and oxygen atoms in total. The van der Waals surface area contributed by atoms with Crippen molar-refractivity contribution >= 4 is 73.7 Å². The summed E-state index contributed by atoms with van der Waals surface area (Å²) in [7, 11) is -5.35. The van der Waals surface area contributed by atoms with Crippen LogP contribution in [0.25, 0.3) is 10.9 Å².